The predicted molar refractivity (Wildman–Crippen MR) is 91.7 cm³/mol. The first kappa shape index (κ1) is 17.1. The second-order valence-electron chi connectivity index (χ2n) is 9.46. The SMILES string of the molecule is CC(=O)[C@H]1CC[C@H]2[C@@H]3CCC4C(=O)C(=O)CC(=O)[C@]4(C)[C@H]3CC[C@]12C. The molecule has 1 unspecified atom stereocenters. The highest BCUT2D eigenvalue weighted by molar-refractivity contribution is 6.44. The lowest BCUT2D eigenvalue weighted by molar-refractivity contribution is -0.167. The smallest absolute Gasteiger partial charge is 0.206 e. The highest BCUT2D eigenvalue weighted by Crippen LogP contribution is 2.66. The first-order valence-corrected chi connectivity index (χ1v) is 9.82. The molecule has 0 N–H and O–H groups in total. The monoisotopic (exact) mass is 344 g/mol. The molecule has 7 atom stereocenters. The topological polar surface area (TPSA) is 68.3 Å². The van der Waals surface area contributed by atoms with Gasteiger partial charge in [0, 0.05) is 17.3 Å². The van der Waals surface area contributed by atoms with Crippen molar-refractivity contribution in [1.82, 2.24) is 0 Å². The first-order chi connectivity index (χ1) is 11.7. The standard InChI is InChI=1S/C21H28O4/c1-11(22)13-6-7-14-12-4-5-16-19(25)17(23)10-18(24)21(16,3)15(12)8-9-20(13,14)2/h12-16H,4-10H2,1-3H3/t12-,13+,14-,15-,16?,20+,21+/m0/s1. The van der Waals surface area contributed by atoms with Gasteiger partial charge in [0.05, 0.1) is 6.42 Å². The van der Waals surface area contributed by atoms with Gasteiger partial charge in [0.2, 0.25) is 11.6 Å². The zero-order valence-corrected chi connectivity index (χ0v) is 15.5. The second-order valence-corrected chi connectivity index (χ2v) is 9.46. The highest BCUT2D eigenvalue weighted by atomic mass is 16.2. The van der Waals surface area contributed by atoms with Crippen LogP contribution in [0.5, 0.6) is 0 Å². The number of carbonyl (C=O) groups is 4. The maximum atomic E-state index is 12.9. The van der Waals surface area contributed by atoms with Crippen LogP contribution in [0.2, 0.25) is 0 Å². The van der Waals surface area contributed by atoms with Gasteiger partial charge in [-0.15, -0.1) is 0 Å². The van der Waals surface area contributed by atoms with Gasteiger partial charge in [-0.2, -0.15) is 0 Å². The molecule has 4 heteroatoms. The molecule has 0 radical (unpaired) electrons. The number of hydrogen-bond acceptors (Lipinski definition) is 4. The van der Waals surface area contributed by atoms with E-state index in [0.29, 0.717) is 24.0 Å². The lowest BCUT2D eigenvalue weighted by Crippen LogP contribution is -2.60. The Hall–Kier alpha value is -1.32. The normalized spacial score (nSPS) is 49.4. The van der Waals surface area contributed by atoms with Crippen molar-refractivity contribution in [2.45, 2.75) is 65.7 Å². The van der Waals surface area contributed by atoms with Crippen molar-refractivity contribution >= 4 is 23.1 Å². The summed E-state index contributed by atoms with van der Waals surface area (Å²) in [6.45, 7) is 5.96. The highest BCUT2D eigenvalue weighted by Gasteiger charge is 2.64. The lowest BCUT2D eigenvalue weighted by atomic mass is 9.44. The number of Topliss-reactive ketones (excluding diaryl/α,β-unsaturated/α-hetero) is 4. The molecule has 4 aliphatic carbocycles. The summed E-state index contributed by atoms with van der Waals surface area (Å²) in [6.07, 6.45) is 5.26. The zero-order valence-electron chi connectivity index (χ0n) is 15.5. The fraction of sp³-hybridized carbons (Fsp3) is 0.810. The third-order valence-corrected chi connectivity index (χ3v) is 8.72. The molecule has 0 amide bonds. The Labute approximate surface area is 149 Å². The zero-order chi connectivity index (χ0) is 18.1. The van der Waals surface area contributed by atoms with Crippen LogP contribution in [-0.2, 0) is 19.2 Å². The van der Waals surface area contributed by atoms with E-state index < -0.39 is 17.1 Å². The van der Waals surface area contributed by atoms with E-state index in [0.717, 1.165) is 32.1 Å². The van der Waals surface area contributed by atoms with E-state index in [1.165, 1.54) is 0 Å². The van der Waals surface area contributed by atoms with Gasteiger partial charge >= 0.3 is 0 Å². The molecule has 0 spiro atoms. The average molecular weight is 344 g/mol. The van der Waals surface area contributed by atoms with Crippen LogP contribution in [0.25, 0.3) is 0 Å². The van der Waals surface area contributed by atoms with E-state index in [4.69, 9.17) is 0 Å². The summed E-state index contributed by atoms with van der Waals surface area (Å²) in [4.78, 5) is 49.4. The van der Waals surface area contributed by atoms with Crippen LogP contribution in [0, 0.1) is 40.4 Å². The van der Waals surface area contributed by atoms with Gasteiger partial charge in [0.1, 0.15) is 11.6 Å². The molecule has 0 aliphatic heterocycles. The molecule has 136 valence electrons. The third-order valence-electron chi connectivity index (χ3n) is 8.72. The van der Waals surface area contributed by atoms with Gasteiger partial charge in [-0.3, -0.25) is 19.2 Å². The van der Waals surface area contributed by atoms with E-state index in [2.05, 4.69) is 6.92 Å². The summed E-state index contributed by atoms with van der Waals surface area (Å²) in [6, 6.07) is 0. The Bertz CT molecular complexity index is 679. The Morgan fingerprint density at radius 3 is 2.36 bits per heavy atom. The molecule has 4 rings (SSSR count). The van der Waals surface area contributed by atoms with Crippen molar-refractivity contribution in [2.24, 2.45) is 40.4 Å². The molecule has 4 saturated carbocycles. The van der Waals surface area contributed by atoms with Crippen LogP contribution in [-0.4, -0.2) is 23.1 Å². The molecule has 0 aromatic rings. The molecule has 0 saturated heterocycles. The van der Waals surface area contributed by atoms with Crippen molar-refractivity contribution < 1.29 is 19.2 Å². The Kier molecular flexibility index (Phi) is 3.66. The summed E-state index contributed by atoms with van der Waals surface area (Å²) in [5.74, 6) is 0.323. The molecule has 4 aliphatic rings. The van der Waals surface area contributed by atoms with Crippen molar-refractivity contribution in [2.75, 3.05) is 0 Å². The molecular formula is C21H28O4. The number of fused-ring (bicyclic) bond motifs is 5. The van der Waals surface area contributed by atoms with Gasteiger partial charge in [-0.25, -0.2) is 0 Å². The van der Waals surface area contributed by atoms with Crippen LogP contribution in [0.4, 0.5) is 0 Å². The Morgan fingerprint density at radius 2 is 1.68 bits per heavy atom. The lowest BCUT2D eigenvalue weighted by Gasteiger charge is -2.58. The molecule has 0 bridgehead atoms. The van der Waals surface area contributed by atoms with Crippen molar-refractivity contribution in [1.29, 1.82) is 0 Å². The number of hydrogen-bond donors (Lipinski definition) is 0. The van der Waals surface area contributed by atoms with Crippen LogP contribution in [0.15, 0.2) is 0 Å². The summed E-state index contributed by atoms with van der Waals surface area (Å²) in [5, 5.41) is 0. The van der Waals surface area contributed by atoms with Gasteiger partial charge < -0.3 is 0 Å². The van der Waals surface area contributed by atoms with Crippen LogP contribution in [0.3, 0.4) is 0 Å². The number of rotatable bonds is 1. The third kappa shape index (κ3) is 2.06. The van der Waals surface area contributed by atoms with Gasteiger partial charge in [-0.1, -0.05) is 13.8 Å². The van der Waals surface area contributed by atoms with Gasteiger partial charge in [0.25, 0.3) is 0 Å². The van der Waals surface area contributed by atoms with E-state index in [1.54, 1.807) is 6.92 Å². The number of ketones is 4. The quantitative estimate of drug-likeness (QED) is 0.541. The van der Waals surface area contributed by atoms with Crippen LogP contribution >= 0.6 is 0 Å². The van der Waals surface area contributed by atoms with E-state index in [9.17, 15) is 19.2 Å². The summed E-state index contributed by atoms with van der Waals surface area (Å²) in [7, 11) is 0. The maximum absolute atomic E-state index is 12.9. The Balaban J connectivity index is 1.70. The molecule has 0 aromatic carbocycles. The van der Waals surface area contributed by atoms with Crippen molar-refractivity contribution in [3.05, 3.63) is 0 Å². The molecule has 25 heavy (non-hydrogen) atoms. The maximum Gasteiger partial charge on any atom is 0.206 e. The van der Waals surface area contributed by atoms with E-state index in [-0.39, 0.29) is 35.2 Å². The molecule has 0 heterocycles. The molecule has 4 nitrogen and oxygen atoms in total. The summed E-state index contributed by atoms with van der Waals surface area (Å²) in [5.41, 5.74) is -0.614. The second kappa shape index (κ2) is 5.34. The van der Waals surface area contributed by atoms with Crippen molar-refractivity contribution in [3.8, 4) is 0 Å². The molecular weight excluding hydrogens is 316 g/mol. The summed E-state index contributed by atoms with van der Waals surface area (Å²) >= 11 is 0. The van der Waals surface area contributed by atoms with Gasteiger partial charge in [-0.05, 0) is 68.6 Å². The predicted octanol–water partition coefficient (Wildman–Crippen LogP) is 3.16. The van der Waals surface area contributed by atoms with E-state index >= 15 is 0 Å². The van der Waals surface area contributed by atoms with Crippen LogP contribution < -0.4 is 0 Å². The number of carbonyl (C=O) groups excluding carboxylic acids is 4. The average Bonchev–Trinajstić information content (AvgIpc) is 2.90. The minimum atomic E-state index is -0.663. The first-order valence-electron chi connectivity index (χ1n) is 9.82. The summed E-state index contributed by atoms with van der Waals surface area (Å²) < 4.78 is 0. The molecule has 4 fully saturated rings. The Morgan fingerprint density at radius 1 is 0.960 bits per heavy atom. The van der Waals surface area contributed by atoms with Crippen LogP contribution in [0.1, 0.15) is 65.7 Å². The minimum Gasteiger partial charge on any atom is -0.300 e. The van der Waals surface area contributed by atoms with Gasteiger partial charge in [0.15, 0.2) is 0 Å². The fourth-order valence-corrected chi connectivity index (χ4v) is 7.44. The van der Waals surface area contributed by atoms with E-state index in [1.807, 2.05) is 6.92 Å². The molecule has 0 aromatic heterocycles. The fourth-order valence-electron chi connectivity index (χ4n) is 7.44. The minimum absolute atomic E-state index is 0.0125. The largest absolute Gasteiger partial charge is 0.300 e. The van der Waals surface area contributed by atoms with Crippen molar-refractivity contribution in [3.63, 3.8) is 0 Å².